The molecule has 2 aromatic carbocycles. The molecule has 1 heterocycles. The Morgan fingerprint density at radius 1 is 1.10 bits per heavy atom. The average molecular weight is 394 g/mol. The first kappa shape index (κ1) is 19.7. The van der Waals surface area contributed by atoms with Gasteiger partial charge in [-0.1, -0.05) is 24.3 Å². The summed E-state index contributed by atoms with van der Waals surface area (Å²) in [5.41, 5.74) is 1.22. The van der Waals surface area contributed by atoms with Gasteiger partial charge in [-0.25, -0.2) is 4.98 Å². The fraction of sp³-hybridized carbons (Fsp3) is 0.150. The maximum Gasteiger partial charge on any atom is 0.315 e. The predicted octanol–water partition coefficient (Wildman–Crippen LogP) is 1.35. The van der Waals surface area contributed by atoms with Crippen molar-refractivity contribution in [2.45, 2.75) is 13.0 Å². The maximum absolute atomic E-state index is 12.4. The Kier molecular flexibility index (Phi) is 5.98. The third-order valence-corrected chi connectivity index (χ3v) is 4.02. The number of nitrogens with zero attached hydrogens (tertiary/aromatic N) is 1. The lowest BCUT2D eigenvalue weighted by Crippen LogP contribution is -2.27. The van der Waals surface area contributed by atoms with Crippen molar-refractivity contribution in [1.29, 1.82) is 0 Å². The van der Waals surface area contributed by atoms with Gasteiger partial charge < -0.3 is 20.4 Å². The Morgan fingerprint density at radius 3 is 2.69 bits per heavy atom. The van der Waals surface area contributed by atoms with Crippen molar-refractivity contribution in [2.75, 3.05) is 12.4 Å². The largest absolute Gasteiger partial charge is 0.469 e. The van der Waals surface area contributed by atoms with Gasteiger partial charge in [0.2, 0.25) is 5.91 Å². The number of carbonyl (C=O) groups excluding carboxylic acids is 3. The lowest BCUT2D eigenvalue weighted by atomic mass is 10.2. The molecular weight excluding hydrogens is 376 g/mol. The zero-order chi connectivity index (χ0) is 20.8. The van der Waals surface area contributed by atoms with Crippen LogP contribution in [0.15, 0.2) is 53.3 Å². The Morgan fingerprint density at radius 2 is 1.90 bits per heavy atom. The van der Waals surface area contributed by atoms with Crippen molar-refractivity contribution < 1.29 is 19.1 Å². The van der Waals surface area contributed by atoms with Crippen molar-refractivity contribution in [3.05, 3.63) is 70.3 Å². The van der Waals surface area contributed by atoms with Crippen LogP contribution in [0.25, 0.3) is 10.9 Å². The minimum Gasteiger partial charge on any atom is -0.469 e. The molecule has 0 aliphatic heterocycles. The zero-order valence-electron chi connectivity index (χ0n) is 15.5. The number of hydrogen-bond donors (Lipinski definition) is 3. The number of H-pyrrole nitrogens is 1. The molecule has 9 heteroatoms. The van der Waals surface area contributed by atoms with Gasteiger partial charge >= 0.3 is 5.97 Å². The molecule has 0 spiro atoms. The maximum atomic E-state index is 12.4. The first-order valence-corrected chi connectivity index (χ1v) is 8.69. The SMILES string of the molecule is COC(=O)CC(=O)Nc1cccc(CNC(=O)c2nc3ccccc3c(=O)[nH]2)c1. The number of para-hydroxylation sites is 1. The Bertz CT molecular complexity index is 1140. The van der Waals surface area contributed by atoms with Crippen molar-refractivity contribution in [3.8, 4) is 0 Å². The number of benzene rings is 2. The molecule has 0 saturated heterocycles. The number of aromatic nitrogens is 2. The highest BCUT2D eigenvalue weighted by molar-refractivity contribution is 6.01. The molecular formula is C20H18N4O5. The number of aromatic amines is 1. The summed E-state index contributed by atoms with van der Waals surface area (Å²) in [7, 11) is 1.20. The molecule has 148 valence electrons. The van der Waals surface area contributed by atoms with Crippen LogP contribution in [-0.2, 0) is 20.9 Å². The quantitative estimate of drug-likeness (QED) is 0.427. The van der Waals surface area contributed by atoms with Gasteiger partial charge in [0.1, 0.15) is 6.42 Å². The van der Waals surface area contributed by atoms with Crippen LogP contribution in [0.2, 0.25) is 0 Å². The highest BCUT2D eigenvalue weighted by Gasteiger charge is 2.12. The standard InChI is InChI=1S/C20H18N4O5/c1-29-17(26)10-16(25)22-13-6-4-5-12(9-13)11-21-20(28)18-23-15-8-3-2-7-14(15)19(27)24-18/h2-9H,10-11H2,1H3,(H,21,28)(H,22,25)(H,23,24,27). The lowest BCUT2D eigenvalue weighted by molar-refractivity contribution is -0.142. The molecule has 0 fully saturated rings. The van der Waals surface area contributed by atoms with Crippen LogP contribution < -0.4 is 16.2 Å². The summed E-state index contributed by atoms with van der Waals surface area (Å²) in [6, 6.07) is 13.5. The van der Waals surface area contributed by atoms with Crippen LogP contribution in [0, 0.1) is 0 Å². The predicted molar refractivity (Wildman–Crippen MR) is 105 cm³/mol. The molecule has 1 aromatic heterocycles. The molecule has 0 atom stereocenters. The highest BCUT2D eigenvalue weighted by atomic mass is 16.5. The van der Waals surface area contributed by atoms with Crippen LogP contribution in [-0.4, -0.2) is 34.9 Å². The van der Waals surface area contributed by atoms with Crippen LogP contribution in [0.1, 0.15) is 22.6 Å². The summed E-state index contributed by atoms with van der Waals surface area (Å²) in [6.07, 6.45) is -0.390. The van der Waals surface area contributed by atoms with E-state index < -0.39 is 29.8 Å². The van der Waals surface area contributed by atoms with Crippen molar-refractivity contribution in [1.82, 2.24) is 15.3 Å². The van der Waals surface area contributed by atoms with E-state index in [4.69, 9.17) is 0 Å². The van der Waals surface area contributed by atoms with Gasteiger partial charge in [0, 0.05) is 12.2 Å². The number of hydrogen-bond acceptors (Lipinski definition) is 6. The van der Waals surface area contributed by atoms with Crippen molar-refractivity contribution in [3.63, 3.8) is 0 Å². The molecule has 0 bridgehead atoms. The van der Waals surface area contributed by atoms with Gasteiger partial charge in [0.15, 0.2) is 5.82 Å². The summed E-state index contributed by atoms with van der Waals surface area (Å²) in [4.78, 5) is 54.0. The molecule has 3 rings (SSSR count). The Hall–Kier alpha value is -4.01. The molecule has 0 unspecified atom stereocenters. The fourth-order valence-corrected chi connectivity index (χ4v) is 2.63. The number of methoxy groups -OCH3 is 1. The summed E-state index contributed by atoms with van der Waals surface area (Å²) >= 11 is 0. The Labute approximate surface area is 165 Å². The average Bonchev–Trinajstić information content (AvgIpc) is 2.72. The van der Waals surface area contributed by atoms with Gasteiger partial charge in [-0.2, -0.15) is 0 Å². The van der Waals surface area contributed by atoms with Crippen molar-refractivity contribution >= 4 is 34.4 Å². The van der Waals surface area contributed by atoms with Crippen LogP contribution in [0.5, 0.6) is 0 Å². The number of amides is 2. The highest BCUT2D eigenvalue weighted by Crippen LogP contribution is 2.11. The lowest BCUT2D eigenvalue weighted by Gasteiger charge is -2.08. The monoisotopic (exact) mass is 394 g/mol. The van der Waals surface area contributed by atoms with Gasteiger partial charge in [0.25, 0.3) is 11.5 Å². The van der Waals surface area contributed by atoms with Crippen molar-refractivity contribution in [2.24, 2.45) is 0 Å². The van der Waals surface area contributed by atoms with E-state index >= 15 is 0 Å². The molecule has 3 N–H and O–H groups in total. The summed E-state index contributed by atoms with van der Waals surface area (Å²) < 4.78 is 4.45. The Balaban J connectivity index is 1.65. The minimum atomic E-state index is -0.636. The van der Waals surface area contributed by atoms with E-state index in [0.29, 0.717) is 22.2 Å². The fourth-order valence-electron chi connectivity index (χ4n) is 2.63. The molecule has 0 saturated carbocycles. The molecule has 2 amide bonds. The first-order chi connectivity index (χ1) is 14.0. The number of fused-ring (bicyclic) bond motifs is 1. The van der Waals surface area contributed by atoms with Crippen LogP contribution >= 0.6 is 0 Å². The van der Waals surface area contributed by atoms with Gasteiger partial charge in [-0.15, -0.1) is 0 Å². The van der Waals surface area contributed by atoms with Gasteiger partial charge in [-0.3, -0.25) is 19.2 Å². The summed E-state index contributed by atoms with van der Waals surface area (Å²) in [5.74, 6) is -1.76. The second-order valence-corrected chi connectivity index (χ2v) is 6.12. The third-order valence-electron chi connectivity index (χ3n) is 4.02. The first-order valence-electron chi connectivity index (χ1n) is 8.69. The topological polar surface area (TPSA) is 130 Å². The zero-order valence-corrected chi connectivity index (χ0v) is 15.5. The number of carbonyl (C=O) groups is 3. The van der Waals surface area contributed by atoms with E-state index in [2.05, 4.69) is 25.3 Å². The number of esters is 1. The van der Waals surface area contributed by atoms with E-state index in [1.54, 1.807) is 48.5 Å². The smallest absolute Gasteiger partial charge is 0.315 e. The van der Waals surface area contributed by atoms with Crippen LogP contribution in [0.3, 0.4) is 0 Å². The van der Waals surface area contributed by atoms with E-state index in [1.807, 2.05) is 0 Å². The van der Waals surface area contributed by atoms with Gasteiger partial charge in [0.05, 0.1) is 18.0 Å². The normalized spacial score (nSPS) is 10.4. The molecule has 3 aromatic rings. The number of ether oxygens (including phenoxy) is 1. The molecule has 0 aliphatic carbocycles. The van der Waals surface area contributed by atoms with Gasteiger partial charge in [-0.05, 0) is 29.8 Å². The molecule has 0 radical (unpaired) electrons. The van der Waals surface area contributed by atoms with Crippen LogP contribution in [0.4, 0.5) is 5.69 Å². The van der Waals surface area contributed by atoms with E-state index in [1.165, 1.54) is 7.11 Å². The van der Waals surface area contributed by atoms with E-state index in [9.17, 15) is 19.2 Å². The number of anilines is 1. The molecule has 0 aliphatic rings. The summed E-state index contributed by atoms with van der Waals surface area (Å²) in [6.45, 7) is 0.149. The second-order valence-electron chi connectivity index (χ2n) is 6.12. The van der Waals surface area contributed by atoms with E-state index in [0.717, 1.165) is 0 Å². The number of rotatable bonds is 6. The molecule has 29 heavy (non-hydrogen) atoms. The summed E-state index contributed by atoms with van der Waals surface area (Å²) in [5, 5.41) is 5.66. The van der Waals surface area contributed by atoms with E-state index in [-0.39, 0.29) is 12.4 Å². The second kappa shape index (κ2) is 8.79. The minimum absolute atomic E-state index is 0.0868. The number of nitrogens with one attached hydrogen (secondary N) is 3. The third kappa shape index (κ3) is 5.04. The molecule has 9 nitrogen and oxygen atoms in total.